The third-order valence-electron chi connectivity index (χ3n) is 6.82. The second-order valence-electron chi connectivity index (χ2n) is 9.34. The summed E-state index contributed by atoms with van der Waals surface area (Å²) in [7, 11) is 0. The molecule has 0 saturated carbocycles. The summed E-state index contributed by atoms with van der Waals surface area (Å²) in [5, 5.41) is 2.77. The Kier molecular flexibility index (Phi) is 8.69. The van der Waals surface area contributed by atoms with Crippen molar-refractivity contribution in [2.24, 2.45) is 0 Å². The normalized spacial score (nSPS) is 18.0. The van der Waals surface area contributed by atoms with Crippen LogP contribution < -0.4 is 4.90 Å². The lowest BCUT2D eigenvalue weighted by molar-refractivity contribution is -0.132. The summed E-state index contributed by atoms with van der Waals surface area (Å²) in [5.74, 6) is 0.253. The molecule has 0 aliphatic carbocycles. The van der Waals surface area contributed by atoms with Gasteiger partial charge in [0.05, 0.1) is 17.9 Å². The second kappa shape index (κ2) is 11.9. The highest BCUT2D eigenvalue weighted by atomic mass is 32.1. The molecule has 0 atom stereocenters. The summed E-state index contributed by atoms with van der Waals surface area (Å²) in [4.78, 5) is 38.3. The van der Waals surface area contributed by atoms with Crippen LogP contribution in [0, 0.1) is 0 Å². The predicted octanol–water partition coefficient (Wildman–Crippen LogP) is 3.91. The molecule has 7 nitrogen and oxygen atoms in total. The van der Waals surface area contributed by atoms with E-state index in [9.17, 15) is 9.59 Å². The fourth-order valence-electron chi connectivity index (χ4n) is 4.73. The summed E-state index contributed by atoms with van der Waals surface area (Å²) in [6.45, 7) is 10.5. The minimum absolute atomic E-state index is 0.0344. The van der Waals surface area contributed by atoms with Gasteiger partial charge in [0.1, 0.15) is 0 Å². The van der Waals surface area contributed by atoms with Crippen molar-refractivity contribution >= 4 is 34.0 Å². The number of benzene rings is 1. The average Bonchev–Trinajstić information content (AvgIpc) is 3.11. The van der Waals surface area contributed by atoms with Crippen molar-refractivity contribution in [3.8, 4) is 0 Å². The Bertz CT molecular complexity index is 944. The van der Waals surface area contributed by atoms with Gasteiger partial charge in [-0.2, -0.15) is 0 Å². The van der Waals surface area contributed by atoms with Crippen LogP contribution in [0.2, 0.25) is 0 Å². The van der Waals surface area contributed by atoms with Gasteiger partial charge in [0.25, 0.3) is 0 Å². The smallest absolute Gasteiger partial charge is 0.236 e. The lowest BCUT2D eigenvalue weighted by Crippen LogP contribution is -2.49. The van der Waals surface area contributed by atoms with Gasteiger partial charge in [-0.15, -0.1) is 11.3 Å². The fourth-order valence-corrected chi connectivity index (χ4v) is 5.60. The van der Waals surface area contributed by atoms with Gasteiger partial charge in [0.15, 0.2) is 5.13 Å². The SMILES string of the molecule is CCc1ccc(N(C(C)=O)c2nc(CN3CCN(CC(=O)N4CCCCCC4)CC3)cs2)cc1. The van der Waals surface area contributed by atoms with E-state index in [1.807, 2.05) is 12.1 Å². The number of thiazole rings is 1. The molecule has 0 spiro atoms. The van der Waals surface area contributed by atoms with Crippen molar-refractivity contribution in [3.63, 3.8) is 0 Å². The third-order valence-corrected chi connectivity index (χ3v) is 7.69. The van der Waals surface area contributed by atoms with Crippen LogP contribution in [0.3, 0.4) is 0 Å². The van der Waals surface area contributed by atoms with Crippen LogP contribution in [0.4, 0.5) is 10.8 Å². The number of hydrogen-bond acceptors (Lipinski definition) is 6. The van der Waals surface area contributed by atoms with Crippen molar-refractivity contribution in [2.75, 3.05) is 50.7 Å². The van der Waals surface area contributed by atoms with E-state index in [1.165, 1.54) is 29.7 Å². The highest BCUT2D eigenvalue weighted by Gasteiger charge is 2.24. The number of carbonyl (C=O) groups is 2. The zero-order chi connectivity index (χ0) is 23.9. The molecule has 8 heteroatoms. The topological polar surface area (TPSA) is 60.0 Å². The molecular weight excluding hydrogens is 446 g/mol. The number of rotatable bonds is 7. The Labute approximate surface area is 207 Å². The highest BCUT2D eigenvalue weighted by Crippen LogP contribution is 2.29. The molecule has 2 aromatic rings. The van der Waals surface area contributed by atoms with Crippen molar-refractivity contribution < 1.29 is 9.59 Å². The molecule has 2 aliphatic heterocycles. The molecule has 2 saturated heterocycles. The zero-order valence-corrected chi connectivity index (χ0v) is 21.4. The molecule has 2 amide bonds. The number of anilines is 2. The quantitative estimate of drug-likeness (QED) is 0.598. The number of nitrogens with zero attached hydrogens (tertiary/aromatic N) is 5. The summed E-state index contributed by atoms with van der Waals surface area (Å²) in [6, 6.07) is 8.12. The summed E-state index contributed by atoms with van der Waals surface area (Å²) < 4.78 is 0. The Balaban J connectivity index is 1.29. The second-order valence-corrected chi connectivity index (χ2v) is 10.2. The van der Waals surface area contributed by atoms with E-state index in [-0.39, 0.29) is 11.8 Å². The van der Waals surface area contributed by atoms with Crippen LogP contribution in [0.5, 0.6) is 0 Å². The zero-order valence-electron chi connectivity index (χ0n) is 20.5. The Morgan fingerprint density at radius 2 is 1.59 bits per heavy atom. The van der Waals surface area contributed by atoms with Crippen molar-refractivity contribution in [3.05, 3.63) is 40.9 Å². The summed E-state index contributed by atoms with van der Waals surface area (Å²) >= 11 is 1.51. The van der Waals surface area contributed by atoms with Gasteiger partial charge in [-0.3, -0.25) is 24.3 Å². The molecule has 0 N–H and O–H groups in total. The molecule has 3 heterocycles. The fraction of sp³-hybridized carbons (Fsp3) is 0.577. The van der Waals surface area contributed by atoms with Gasteiger partial charge >= 0.3 is 0 Å². The Morgan fingerprint density at radius 1 is 0.941 bits per heavy atom. The average molecular weight is 484 g/mol. The van der Waals surface area contributed by atoms with Gasteiger partial charge in [-0.25, -0.2) is 4.98 Å². The molecule has 0 bridgehead atoms. The van der Waals surface area contributed by atoms with Crippen LogP contribution in [-0.2, 0) is 22.6 Å². The number of amides is 2. The minimum atomic E-state index is -0.0344. The Morgan fingerprint density at radius 3 is 2.21 bits per heavy atom. The standard InChI is InChI=1S/C26H37N5O2S/c1-3-22-8-10-24(11-9-22)31(21(2)32)26-27-23(20-34-26)18-28-14-16-29(17-15-28)19-25(33)30-12-6-4-5-7-13-30/h8-11,20H,3-7,12-19H2,1-2H3. The molecular formula is C26H37N5O2S. The highest BCUT2D eigenvalue weighted by molar-refractivity contribution is 7.14. The predicted molar refractivity (Wildman–Crippen MR) is 138 cm³/mol. The van der Waals surface area contributed by atoms with E-state index in [0.29, 0.717) is 11.7 Å². The van der Waals surface area contributed by atoms with Crippen LogP contribution >= 0.6 is 11.3 Å². The van der Waals surface area contributed by atoms with Crippen molar-refractivity contribution in [2.45, 2.75) is 52.5 Å². The third kappa shape index (κ3) is 6.43. The first-order chi connectivity index (χ1) is 16.5. The molecule has 34 heavy (non-hydrogen) atoms. The lowest BCUT2D eigenvalue weighted by atomic mass is 10.1. The maximum atomic E-state index is 12.7. The number of hydrogen-bond donors (Lipinski definition) is 0. The first-order valence-electron chi connectivity index (χ1n) is 12.6. The van der Waals surface area contributed by atoms with E-state index in [4.69, 9.17) is 4.98 Å². The number of likely N-dealkylation sites (tertiary alicyclic amines) is 1. The first-order valence-corrected chi connectivity index (χ1v) is 13.5. The van der Waals surface area contributed by atoms with Gasteiger partial charge < -0.3 is 4.90 Å². The molecule has 0 unspecified atom stereocenters. The van der Waals surface area contributed by atoms with Gasteiger partial charge in [-0.05, 0) is 37.0 Å². The number of piperazine rings is 1. The molecule has 1 aromatic carbocycles. The van der Waals surface area contributed by atoms with Crippen LogP contribution in [-0.4, -0.2) is 77.3 Å². The van der Waals surface area contributed by atoms with Gasteiger partial charge in [-0.1, -0.05) is 31.9 Å². The van der Waals surface area contributed by atoms with E-state index in [2.05, 4.69) is 39.1 Å². The van der Waals surface area contributed by atoms with E-state index in [0.717, 1.165) is 76.5 Å². The summed E-state index contributed by atoms with van der Waals surface area (Å²) in [6.07, 6.45) is 5.74. The first kappa shape index (κ1) is 24.8. The van der Waals surface area contributed by atoms with Crippen molar-refractivity contribution in [1.82, 2.24) is 19.7 Å². The molecule has 2 aliphatic rings. The number of aryl methyl sites for hydroxylation is 1. The van der Waals surface area contributed by atoms with Crippen molar-refractivity contribution in [1.29, 1.82) is 0 Å². The monoisotopic (exact) mass is 483 g/mol. The summed E-state index contributed by atoms with van der Waals surface area (Å²) in [5.41, 5.74) is 3.10. The molecule has 1 aromatic heterocycles. The van der Waals surface area contributed by atoms with E-state index >= 15 is 0 Å². The van der Waals surface area contributed by atoms with Crippen LogP contribution in [0.1, 0.15) is 50.8 Å². The minimum Gasteiger partial charge on any atom is -0.342 e. The van der Waals surface area contributed by atoms with Crippen LogP contribution in [0.25, 0.3) is 0 Å². The number of carbonyl (C=O) groups excluding carboxylic acids is 2. The maximum Gasteiger partial charge on any atom is 0.236 e. The van der Waals surface area contributed by atoms with Gasteiger partial charge in [0, 0.05) is 58.1 Å². The largest absolute Gasteiger partial charge is 0.342 e. The van der Waals surface area contributed by atoms with Crippen LogP contribution in [0.15, 0.2) is 29.6 Å². The molecule has 2 fully saturated rings. The number of aromatic nitrogens is 1. The lowest BCUT2D eigenvalue weighted by Gasteiger charge is -2.35. The molecule has 4 rings (SSSR count). The maximum absolute atomic E-state index is 12.7. The van der Waals surface area contributed by atoms with Gasteiger partial charge in [0.2, 0.25) is 11.8 Å². The van der Waals surface area contributed by atoms with E-state index in [1.54, 1.807) is 11.8 Å². The molecule has 0 radical (unpaired) electrons. The van der Waals surface area contributed by atoms with E-state index < -0.39 is 0 Å². The Hall–Kier alpha value is -2.29. The molecule has 184 valence electrons.